The Balaban J connectivity index is 0.00000484. The Labute approximate surface area is 155 Å². The van der Waals surface area contributed by atoms with Crippen LogP contribution in [0.5, 0.6) is 11.5 Å². The molecule has 0 bridgehead atoms. The van der Waals surface area contributed by atoms with E-state index in [0.29, 0.717) is 28.9 Å². The zero-order chi connectivity index (χ0) is 16.5. The largest absolute Gasteiger partial charge is 0.497 e. The minimum absolute atomic E-state index is 0. The maximum absolute atomic E-state index is 10.2. The summed E-state index contributed by atoms with van der Waals surface area (Å²) in [6.07, 6.45) is 0.251. The number of nitrogens with zero attached hydrogens (tertiary/aromatic N) is 1. The van der Waals surface area contributed by atoms with Gasteiger partial charge in [0.2, 0.25) is 0 Å². The molecule has 0 aliphatic carbocycles. The first-order valence-electron chi connectivity index (χ1n) is 7.41. The van der Waals surface area contributed by atoms with Crippen LogP contribution in [0.4, 0.5) is 0 Å². The molecular weight excluding hydrogens is 409 g/mol. The molecule has 0 saturated heterocycles. The number of ether oxygens (including phenoxy) is 2. The Morgan fingerprint density at radius 1 is 1.22 bits per heavy atom. The molecule has 6 nitrogen and oxygen atoms in total. The van der Waals surface area contributed by atoms with Crippen LogP contribution in [0.15, 0.2) is 23.2 Å². The van der Waals surface area contributed by atoms with Crippen LogP contribution in [-0.4, -0.2) is 38.4 Å². The van der Waals surface area contributed by atoms with E-state index in [1.54, 1.807) is 32.4 Å². The number of aliphatic imine (C=N–C) groups is 1. The second kappa shape index (κ2) is 11.3. The van der Waals surface area contributed by atoms with Gasteiger partial charge in [0, 0.05) is 12.6 Å². The van der Waals surface area contributed by atoms with Gasteiger partial charge in [-0.25, -0.2) is 0 Å². The molecule has 132 valence electrons. The average Bonchev–Trinajstić information content (AvgIpc) is 2.51. The molecule has 1 aromatic rings. The SMILES string of the molecule is COc1cc(OC)cc(C(O)CN=C(N)NCCC(C)C)c1.I. The zero-order valence-electron chi connectivity index (χ0n) is 14.2. The van der Waals surface area contributed by atoms with Crippen LogP contribution in [0.1, 0.15) is 31.9 Å². The standard InChI is InChI=1S/C16H27N3O3.HI/c1-11(2)5-6-18-16(17)19-10-15(20)12-7-13(21-3)9-14(8-12)22-4;/h7-9,11,15,20H,5-6,10H2,1-4H3,(H3,17,18,19);1H. The van der Waals surface area contributed by atoms with Crippen molar-refractivity contribution in [3.05, 3.63) is 23.8 Å². The third-order valence-electron chi connectivity index (χ3n) is 3.22. The molecule has 1 rings (SSSR count). The Bertz CT molecular complexity index is 473. The minimum Gasteiger partial charge on any atom is -0.497 e. The first-order valence-corrected chi connectivity index (χ1v) is 7.41. The highest BCUT2D eigenvalue weighted by molar-refractivity contribution is 14.0. The smallest absolute Gasteiger partial charge is 0.188 e. The van der Waals surface area contributed by atoms with E-state index in [2.05, 4.69) is 24.2 Å². The number of hydrogen-bond acceptors (Lipinski definition) is 4. The van der Waals surface area contributed by atoms with Gasteiger partial charge in [-0.2, -0.15) is 0 Å². The first-order chi connectivity index (χ1) is 10.5. The fourth-order valence-electron chi connectivity index (χ4n) is 1.86. The molecule has 0 fully saturated rings. The lowest BCUT2D eigenvalue weighted by molar-refractivity contribution is 0.186. The number of methoxy groups -OCH3 is 2. The van der Waals surface area contributed by atoms with E-state index in [9.17, 15) is 5.11 Å². The monoisotopic (exact) mass is 437 g/mol. The van der Waals surface area contributed by atoms with Crippen molar-refractivity contribution in [3.63, 3.8) is 0 Å². The number of nitrogens with two attached hydrogens (primary N) is 1. The van der Waals surface area contributed by atoms with Gasteiger partial charge in [-0.15, -0.1) is 24.0 Å². The molecule has 0 aliphatic rings. The number of aliphatic hydroxyl groups is 1. The van der Waals surface area contributed by atoms with Gasteiger partial charge in [-0.05, 0) is 30.0 Å². The van der Waals surface area contributed by atoms with Gasteiger partial charge in [0.05, 0.1) is 26.9 Å². The van der Waals surface area contributed by atoms with Crippen molar-refractivity contribution >= 4 is 29.9 Å². The van der Waals surface area contributed by atoms with Gasteiger partial charge >= 0.3 is 0 Å². The lowest BCUT2D eigenvalue weighted by Gasteiger charge is -2.13. The van der Waals surface area contributed by atoms with Gasteiger partial charge in [0.25, 0.3) is 0 Å². The lowest BCUT2D eigenvalue weighted by atomic mass is 10.1. The van der Waals surface area contributed by atoms with E-state index in [1.165, 1.54) is 0 Å². The Hall–Kier alpha value is -1.22. The highest BCUT2D eigenvalue weighted by Crippen LogP contribution is 2.26. The summed E-state index contributed by atoms with van der Waals surface area (Å²) in [6, 6.07) is 5.26. The summed E-state index contributed by atoms with van der Waals surface area (Å²) in [5, 5.41) is 13.3. The molecule has 1 aromatic carbocycles. The Kier molecular flexibility index (Phi) is 10.7. The molecule has 0 heterocycles. The Morgan fingerprint density at radius 3 is 2.26 bits per heavy atom. The molecule has 0 aliphatic heterocycles. The minimum atomic E-state index is -0.769. The van der Waals surface area contributed by atoms with Crippen LogP contribution in [0.25, 0.3) is 0 Å². The van der Waals surface area contributed by atoms with E-state index >= 15 is 0 Å². The third kappa shape index (κ3) is 8.26. The van der Waals surface area contributed by atoms with Crippen molar-refractivity contribution in [2.24, 2.45) is 16.6 Å². The molecule has 0 spiro atoms. The van der Waals surface area contributed by atoms with E-state index < -0.39 is 6.10 Å². The molecule has 0 aromatic heterocycles. The van der Waals surface area contributed by atoms with Crippen LogP contribution < -0.4 is 20.5 Å². The number of rotatable bonds is 8. The highest BCUT2D eigenvalue weighted by Gasteiger charge is 2.11. The van der Waals surface area contributed by atoms with Crippen molar-refractivity contribution < 1.29 is 14.6 Å². The van der Waals surface area contributed by atoms with Crippen molar-refractivity contribution in [2.75, 3.05) is 27.3 Å². The van der Waals surface area contributed by atoms with Crippen LogP contribution in [-0.2, 0) is 0 Å². The molecule has 0 amide bonds. The molecule has 7 heteroatoms. The second-order valence-electron chi connectivity index (χ2n) is 5.50. The van der Waals surface area contributed by atoms with Crippen LogP contribution in [0.3, 0.4) is 0 Å². The summed E-state index contributed by atoms with van der Waals surface area (Å²) in [5.74, 6) is 2.20. The molecule has 1 atom stereocenters. The third-order valence-corrected chi connectivity index (χ3v) is 3.22. The van der Waals surface area contributed by atoms with Crippen molar-refractivity contribution in [1.29, 1.82) is 0 Å². The first kappa shape index (κ1) is 21.8. The number of hydrogen-bond donors (Lipinski definition) is 3. The number of guanidine groups is 1. The Morgan fingerprint density at radius 2 is 1.78 bits per heavy atom. The molecule has 4 N–H and O–H groups in total. The van der Waals surface area contributed by atoms with Crippen LogP contribution in [0, 0.1) is 5.92 Å². The number of benzene rings is 1. The summed E-state index contributed by atoms with van der Waals surface area (Å²) < 4.78 is 10.4. The van der Waals surface area contributed by atoms with E-state index in [0.717, 1.165) is 13.0 Å². The number of aliphatic hydroxyl groups excluding tert-OH is 1. The number of halogens is 1. The zero-order valence-corrected chi connectivity index (χ0v) is 16.5. The summed E-state index contributed by atoms with van der Waals surface area (Å²) in [4.78, 5) is 4.16. The van der Waals surface area contributed by atoms with E-state index in [4.69, 9.17) is 15.2 Å². The topological polar surface area (TPSA) is 89.1 Å². The highest BCUT2D eigenvalue weighted by atomic mass is 127. The quantitative estimate of drug-likeness (QED) is 0.330. The molecule has 0 saturated carbocycles. The maximum Gasteiger partial charge on any atom is 0.188 e. The predicted molar refractivity (Wildman–Crippen MR) is 104 cm³/mol. The van der Waals surface area contributed by atoms with Gasteiger partial charge in [0.15, 0.2) is 5.96 Å². The molecule has 23 heavy (non-hydrogen) atoms. The maximum atomic E-state index is 10.2. The second-order valence-corrected chi connectivity index (χ2v) is 5.50. The van der Waals surface area contributed by atoms with E-state index in [1.807, 2.05) is 0 Å². The van der Waals surface area contributed by atoms with E-state index in [-0.39, 0.29) is 30.5 Å². The normalized spacial score (nSPS) is 12.5. The number of nitrogens with one attached hydrogen (secondary N) is 1. The summed E-state index contributed by atoms with van der Waals surface area (Å²) in [6.45, 7) is 5.25. The predicted octanol–water partition coefficient (Wildman–Crippen LogP) is 2.31. The summed E-state index contributed by atoms with van der Waals surface area (Å²) >= 11 is 0. The van der Waals surface area contributed by atoms with Gasteiger partial charge in [-0.3, -0.25) is 4.99 Å². The van der Waals surface area contributed by atoms with Crippen LogP contribution >= 0.6 is 24.0 Å². The molecular formula is C16H28IN3O3. The lowest BCUT2D eigenvalue weighted by Crippen LogP contribution is -2.33. The van der Waals surface area contributed by atoms with Crippen molar-refractivity contribution in [2.45, 2.75) is 26.4 Å². The fourth-order valence-corrected chi connectivity index (χ4v) is 1.86. The van der Waals surface area contributed by atoms with Gasteiger partial charge in [-0.1, -0.05) is 13.8 Å². The van der Waals surface area contributed by atoms with Gasteiger partial charge < -0.3 is 25.6 Å². The van der Waals surface area contributed by atoms with Crippen molar-refractivity contribution in [1.82, 2.24) is 5.32 Å². The average molecular weight is 437 g/mol. The van der Waals surface area contributed by atoms with Crippen LogP contribution in [0.2, 0.25) is 0 Å². The molecule has 1 unspecified atom stereocenters. The summed E-state index contributed by atoms with van der Waals surface area (Å²) in [5.41, 5.74) is 6.45. The fraction of sp³-hybridized carbons (Fsp3) is 0.562. The summed E-state index contributed by atoms with van der Waals surface area (Å²) in [7, 11) is 3.14. The molecule has 0 radical (unpaired) electrons. The van der Waals surface area contributed by atoms with Crippen molar-refractivity contribution in [3.8, 4) is 11.5 Å². The van der Waals surface area contributed by atoms with Gasteiger partial charge in [0.1, 0.15) is 11.5 Å².